The molecule has 12 atom stereocenters. The molecule has 9 rings (SSSR count). The number of aliphatic hydroxyl groups is 3. The number of imidazole rings is 2. The van der Waals surface area contributed by atoms with Crippen molar-refractivity contribution >= 4 is 61.7 Å². The third-order valence-corrected chi connectivity index (χ3v) is 17.0. The number of hydrogen-bond acceptors (Lipinski definition) is 27. The number of anilines is 2. The minimum Gasteiger partial charge on any atom is -0.476 e. The van der Waals surface area contributed by atoms with Gasteiger partial charge in [-0.05, 0) is 90.7 Å². The van der Waals surface area contributed by atoms with Crippen LogP contribution in [-0.2, 0) is 42.2 Å². The number of nitrogens with one attached hydrogen (secondary N) is 2. The SMILES string of the molecule is CCOC(=O)[C@H](C)NP(=O)(OC[C@H]1O[C@@H](n2cnc3c(OCC)nc(N)nc32)[C@](C)(N=[N+]=[N-])[C@@H]1O)Oc1ccccc1.CCOC(=O)[C@H](C)NP(=O)(Oc1ccccc1)Oc1c(F)c(F)c(F)c(F)c1F.CCOc1nc(N)nc2c1ncn2[C@@H]1O[C@H](CO)[C@@H](O)[C@@]1(C)N=[N+]=[N-]. The average Bonchev–Trinajstić information content (AvgIpc) is 1.58. The minimum absolute atomic E-state index is 0.0274. The van der Waals surface area contributed by atoms with E-state index >= 15 is 0 Å². The molecule has 4 aromatic heterocycles. The normalized spacial score (nSPS) is 22.2. The number of para-hydroxylation sites is 2. The molecule has 0 amide bonds. The number of rotatable bonds is 26. The molecule has 7 aromatic rings. The summed E-state index contributed by atoms with van der Waals surface area (Å²) in [6, 6.07) is 12.7. The summed E-state index contributed by atoms with van der Waals surface area (Å²) in [7, 11) is -9.16. The Kier molecular flexibility index (Phi) is 24.7. The zero-order chi connectivity index (χ0) is 70.5. The van der Waals surface area contributed by atoms with Gasteiger partial charge in [0.2, 0.25) is 58.5 Å². The summed E-state index contributed by atoms with van der Waals surface area (Å²) in [4.78, 5) is 54.7. The fourth-order valence-corrected chi connectivity index (χ4v) is 12.3. The first-order chi connectivity index (χ1) is 45.6. The zero-order valence-electron chi connectivity index (χ0n) is 52.0. The number of hydrogen-bond donors (Lipinski definition) is 7. The van der Waals surface area contributed by atoms with Gasteiger partial charge < -0.3 is 68.8 Å². The lowest BCUT2D eigenvalue weighted by Gasteiger charge is -2.28. The van der Waals surface area contributed by atoms with Crippen LogP contribution in [0.15, 0.2) is 83.5 Å². The van der Waals surface area contributed by atoms with E-state index in [1.165, 1.54) is 80.7 Å². The lowest BCUT2D eigenvalue weighted by Crippen LogP contribution is -2.43. The van der Waals surface area contributed by atoms with Crippen LogP contribution in [0.3, 0.4) is 0 Å². The summed E-state index contributed by atoms with van der Waals surface area (Å²) in [5.74, 6) is -14.9. The van der Waals surface area contributed by atoms with Gasteiger partial charge in [0, 0.05) is 9.82 Å². The number of nitrogens with two attached hydrogens (primary N) is 2. The van der Waals surface area contributed by atoms with Crippen molar-refractivity contribution in [1.82, 2.24) is 49.2 Å². The third kappa shape index (κ3) is 16.5. The van der Waals surface area contributed by atoms with Crippen molar-refractivity contribution in [2.24, 2.45) is 10.2 Å². The highest BCUT2D eigenvalue weighted by Crippen LogP contribution is 2.50. The second kappa shape index (κ2) is 32.0. The number of halogens is 5. The molecule has 2 saturated heterocycles. The summed E-state index contributed by atoms with van der Waals surface area (Å²) in [5, 5.41) is 43.2. The van der Waals surface area contributed by atoms with Crippen molar-refractivity contribution in [2.45, 2.75) is 115 Å². The maximum atomic E-state index is 13.9. The highest BCUT2D eigenvalue weighted by atomic mass is 31.2. The predicted molar refractivity (Wildman–Crippen MR) is 324 cm³/mol. The Hall–Kier alpha value is -9.29. The van der Waals surface area contributed by atoms with Crippen molar-refractivity contribution in [3.8, 4) is 29.0 Å². The van der Waals surface area contributed by atoms with Crippen molar-refractivity contribution in [1.29, 1.82) is 0 Å². The number of esters is 2. The van der Waals surface area contributed by atoms with Gasteiger partial charge in [0.05, 0.1) is 64.5 Å². The molecular weight excluding hydrogens is 1330 g/mol. The molecule has 0 spiro atoms. The number of aromatic nitrogens is 8. The molecule has 2 aliphatic rings. The number of nitrogen functional groups attached to an aromatic ring is 2. The van der Waals surface area contributed by atoms with E-state index < -0.39 is 136 Å². The Bertz CT molecular complexity index is 4060. The lowest BCUT2D eigenvalue weighted by atomic mass is 9.93. The van der Waals surface area contributed by atoms with Gasteiger partial charge in [-0.15, -0.1) is 0 Å². The van der Waals surface area contributed by atoms with Crippen molar-refractivity contribution in [3.05, 3.63) is 123 Å². The molecule has 518 valence electrons. The molecule has 0 aliphatic carbocycles. The molecule has 3 aromatic carbocycles. The van der Waals surface area contributed by atoms with Crippen LogP contribution < -0.4 is 44.7 Å². The topological polar surface area (TPSA) is 482 Å². The zero-order valence-corrected chi connectivity index (χ0v) is 53.8. The Morgan fingerprint density at radius 2 is 1.04 bits per heavy atom. The fourth-order valence-electron chi connectivity index (χ4n) is 9.28. The lowest BCUT2D eigenvalue weighted by molar-refractivity contribution is -0.145. The van der Waals surface area contributed by atoms with Gasteiger partial charge >= 0.3 is 27.4 Å². The first kappa shape index (κ1) is 74.1. The number of carbonyl (C=O) groups is 2. The van der Waals surface area contributed by atoms with Gasteiger partial charge in [-0.25, -0.2) is 32.3 Å². The molecule has 2 aliphatic heterocycles. The van der Waals surface area contributed by atoms with Crippen molar-refractivity contribution in [2.75, 3.05) is 51.1 Å². The highest BCUT2D eigenvalue weighted by Gasteiger charge is 2.56. The number of ether oxygens (including phenoxy) is 6. The van der Waals surface area contributed by atoms with E-state index in [1.807, 2.05) is 5.09 Å². The van der Waals surface area contributed by atoms with E-state index in [0.717, 1.165) is 0 Å². The maximum absolute atomic E-state index is 13.9. The maximum Gasteiger partial charge on any atom is 0.513 e. The third-order valence-electron chi connectivity index (χ3n) is 13.8. The van der Waals surface area contributed by atoms with Gasteiger partial charge in [-0.3, -0.25) is 23.2 Å². The van der Waals surface area contributed by atoms with E-state index in [2.05, 4.69) is 59.6 Å². The quantitative estimate of drug-likeness (QED) is 0.00403. The van der Waals surface area contributed by atoms with Gasteiger partial charge in [0.15, 0.2) is 34.8 Å². The summed E-state index contributed by atoms with van der Waals surface area (Å²) in [6.45, 7) is 12.1. The van der Waals surface area contributed by atoms with Gasteiger partial charge in [-0.1, -0.05) is 46.6 Å². The number of aliphatic hydroxyl groups excluding tert-OH is 3. The first-order valence-electron chi connectivity index (χ1n) is 28.7. The summed E-state index contributed by atoms with van der Waals surface area (Å²) in [5.41, 5.74) is 28.0. The van der Waals surface area contributed by atoms with Crippen LogP contribution in [0.5, 0.6) is 29.0 Å². The molecule has 2 unspecified atom stereocenters. The highest BCUT2D eigenvalue weighted by molar-refractivity contribution is 7.52. The number of benzene rings is 3. The minimum atomic E-state index is -4.89. The van der Waals surface area contributed by atoms with Gasteiger partial charge in [0.1, 0.15) is 46.9 Å². The number of fused-ring (bicyclic) bond motifs is 2. The fraction of sp³-hybridized carbons (Fsp3) is 0.444. The molecule has 42 heteroatoms. The summed E-state index contributed by atoms with van der Waals surface area (Å²) >= 11 is 0. The Morgan fingerprint density at radius 3 is 1.45 bits per heavy atom. The van der Waals surface area contributed by atoms with Crippen LogP contribution in [0, 0.1) is 29.1 Å². The van der Waals surface area contributed by atoms with Crippen molar-refractivity contribution in [3.63, 3.8) is 0 Å². The van der Waals surface area contributed by atoms with Crippen LogP contribution in [0.1, 0.15) is 67.8 Å². The molecule has 9 N–H and O–H groups in total. The smallest absolute Gasteiger partial charge is 0.476 e. The molecule has 96 heavy (non-hydrogen) atoms. The van der Waals surface area contributed by atoms with Crippen LogP contribution in [0.4, 0.5) is 33.8 Å². The van der Waals surface area contributed by atoms with Gasteiger partial charge in [0.25, 0.3) is 0 Å². The molecule has 6 heterocycles. The predicted octanol–water partition coefficient (Wildman–Crippen LogP) is 7.50. The van der Waals surface area contributed by atoms with Crippen LogP contribution in [0.25, 0.3) is 43.2 Å². The number of carbonyl (C=O) groups excluding carboxylic acids is 2. The second-order valence-corrected chi connectivity index (χ2v) is 23.9. The molecule has 2 fully saturated rings. The first-order valence-corrected chi connectivity index (χ1v) is 31.8. The number of nitrogens with zero attached hydrogens (tertiary/aromatic N) is 14. The molecular formula is C54H65F5N18O17P2. The monoisotopic (exact) mass is 1390 g/mol. The van der Waals surface area contributed by atoms with Crippen molar-refractivity contribution < 1.29 is 103 Å². The van der Waals surface area contributed by atoms with E-state index in [4.69, 9.17) is 59.0 Å². The van der Waals surface area contributed by atoms with Crippen LogP contribution in [-0.4, -0.2) is 154 Å². The summed E-state index contributed by atoms with van der Waals surface area (Å²) in [6.07, 6.45) is -4.15. The molecule has 0 bridgehead atoms. The van der Waals surface area contributed by atoms with E-state index in [9.17, 15) is 61.5 Å². The Morgan fingerprint density at radius 1 is 0.646 bits per heavy atom. The van der Waals surface area contributed by atoms with E-state index in [0.29, 0.717) is 24.4 Å². The Balaban J connectivity index is 0.000000212. The van der Waals surface area contributed by atoms with E-state index in [1.54, 1.807) is 57.2 Å². The molecule has 0 saturated carbocycles. The standard InChI is InChI=1S/C24H32N9O8P.C17H15F5NO5P.C13H18N8O4/c1-5-37-20-17-19(28-23(25)29-20)33(13-27-17)22-24(4,31-32-26)18(34)16(40-22)12-39-42(36,30-14(3)21(35)38-6-2)41-15-10-8-7-9-11-15;1-3-26-17(24)9(2)23-29(25,27-10-7-5-4-6-8-10)28-16-14(21)12(19)11(18)13(20)15(16)22;1-3-24-10-7-9(17-12(14)18-10)21(5-16-7)11-13(2,19-20-15)8(23)6(4-22)25-11/h7-11,13-14,16,18,22,34H,5-6,12H2,1-4H3,(H,30,36)(H2,25,28,29);4-9H,3H2,1-2H3,(H,23,25);5-6,8,11,22-23H,3-4H2,1-2H3,(H2,14,17,18)/t14-,16+,18+,22+,24+,42?;9-,29?;6-,8-,11-,13-/m001/s1. The van der Waals surface area contributed by atoms with Crippen LogP contribution in [0.2, 0.25) is 0 Å². The molecule has 35 nitrogen and oxygen atoms in total. The Labute approximate surface area is 540 Å². The largest absolute Gasteiger partial charge is 0.513 e. The average molecular weight is 1400 g/mol. The van der Waals surface area contributed by atoms with Crippen LogP contribution >= 0.6 is 15.5 Å². The second-order valence-electron chi connectivity index (χ2n) is 20.5. The summed E-state index contributed by atoms with van der Waals surface area (Å²) < 4.78 is 151. The number of azide groups is 2. The van der Waals surface area contributed by atoms with E-state index in [-0.39, 0.29) is 59.5 Å². The van der Waals surface area contributed by atoms with Gasteiger partial charge in [-0.2, -0.15) is 38.9 Å². The molecule has 0 radical (unpaired) electrons.